The number of hydrogen-bond acceptors (Lipinski definition) is 3. The first-order valence-corrected chi connectivity index (χ1v) is 8.54. The van der Waals surface area contributed by atoms with E-state index < -0.39 is 0 Å². The number of carbonyl (C=O) groups is 1. The molecular formula is C17H25ClN2O3. The van der Waals surface area contributed by atoms with E-state index in [1.807, 2.05) is 4.90 Å². The molecule has 1 aliphatic rings. The molecule has 6 heteroatoms. The molecule has 1 fully saturated rings. The van der Waals surface area contributed by atoms with Crippen molar-refractivity contribution in [1.29, 1.82) is 0 Å². The SMILES string of the molecule is COCCC[C@@H]1CCCCN1C(=O)c1c(C)c(Cl)c(C)[nH]c1=O. The monoisotopic (exact) mass is 340 g/mol. The Balaban J connectivity index is 2.27. The number of likely N-dealkylation sites (tertiary alicyclic amines) is 1. The van der Waals surface area contributed by atoms with E-state index in [0.717, 1.165) is 32.1 Å². The summed E-state index contributed by atoms with van der Waals surface area (Å²) in [4.78, 5) is 29.8. The van der Waals surface area contributed by atoms with E-state index in [4.69, 9.17) is 16.3 Å². The van der Waals surface area contributed by atoms with E-state index in [0.29, 0.717) is 29.4 Å². The summed E-state index contributed by atoms with van der Waals surface area (Å²) in [5, 5.41) is 0.459. The van der Waals surface area contributed by atoms with Gasteiger partial charge in [-0.3, -0.25) is 9.59 Å². The lowest BCUT2D eigenvalue weighted by Crippen LogP contribution is -2.45. The van der Waals surface area contributed by atoms with Gasteiger partial charge in [0.25, 0.3) is 11.5 Å². The Morgan fingerprint density at radius 2 is 2.13 bits per heavy atom. The lowest BCUT2D eigenvalue weighted by molar-refractivity contribution is 0.0582. The van der Waals surface area contributed by atoms with Gasteiger partial charge >= 0.3 is 0 Å². The first-order valence-electron chi connectivity index (χ1n) is 8.16. The molecule has 128 valence electrons. The van der Waals surface area contributed by atoms with Gasteiger partial charge in [-0.05, 0) is 51.5 Å². The van der Waals surface area contributed by atoms with Gasteiger partial charge in [0.2, 0.25) is 0 Å². The third kappa shape index (κ3) is 3.96. The average molecular weight is 341 g/mol. The predicted octanol–water partition coefficient (Wildman–Crippen LogP) is 3.07. The van der Waals surface area contributed by atoms with Crippen molar-refractivity contribution in [3.63, 3.8) is 0 Å². The number of ether oxygens (including phenoxy) is 1. The lowest BCUT2D eigenvalue weighted by Gasteiger charge is -2.36. The summed E-state index contributed by atoms with van der Waals surface area (Å²) >= 11 is 6.22. The zero-order chi connectivity index (χ0) is 17.0. The molecule has 0 spiro atoms. The quantitative estimate of drug-likeness (QED) is 0.838. The van der Waals surface area contributed by atoms with Gasteiger partial charge in [0.05, 0.1) is 5.02 Å². The molecule has 0 bridgehead atoms. The van der Waals surface area contributed by atoms with Gasteiger partial charge in [-0.25, -0.2) is 0 Å². The van der Waals surface area contributed by atoms with Crippen LogP contribution in [-0.2, 0) is 4.74 Å². The highest BCUT2D eigenvalue weighted by molar-refractivity contribution is 6.32. The number of nitrogens with zero attached hydrogens (tertiary/aromatic N) is 1. The van der Waals surface area contributed by atoms with Gasteiger partial charge in [-0.2, -0.15) is 0 Å². The van der Waals surface area contributed by atoms with Crippen LogP contribution in [-0.4, -0.2) is 42.1 Å². The van der Waals surface area contributed by atoms with Crippen LogP contribution in [0.5, 0.6) is 0 Å². The summed E-state index contributed by atoms with van der Waals surface area (Å²) in [6, 6.07) is 0.172. The Labute approximate surface area is 142 Å². The molecule has 1 saturated heterocycles. The number of pyridine rings is 1. The van der Waals surface area contributed by atoms with E-state index in [9.17, 15) is 9.59 Å². The van der Waals surface area contributed by atoms with Crippen LogP contribution in [0.4, 0.5) is 0 Å². The molecule has 1 aromatic heterocycles. The maximum atomic E-state index is 13.0. The number of aromatic amines is 1. The minimum atomic E-state index is -0.351. The van der Waals surface area contributed by atoms with Crippen LogP contribution in [0, 0.1) is 13.8 Å². The second kappa shape index (κ2) is 7.97. The van der Waals surface area contributed by atoms with E-state index in [1.165, 1.54) is 0 Å². The molecule has 5 nitrogen and oxygen atoms in total. The standard InChI is InChI=1S/C17H25ClN2O3/c1-11-14(16(21)19-12(2)15(11)18)17(22)20-9-5-4-7-13(20)8-6-10-23-3/h13H,4-10H2,1-3H3,(H,19,21)/t13-/m0/s1. The average Bonchev–Trinajstić information content (AvgIpc) is 2.53. The van der Waals surface area contributed by atoms with Gasteiger partial charge < -0.3 is 14.6 Å². The number of aryl methyl sites for hydroxylation is 1. The zero-order valence-corrected chi connectivity index (χ0v) is 14.8. The molecule has 0 aromatic carbocycles. The number of amides is 1. The summed E-state index contributed by atoms with van der Waals surface area (Å²) in [6.45, 7) is 4.86. The highest BCUT2D eigenvalue weighted by Gasteiger charge is 2.30. The number of methoxy groups -OCH3 is 1. The molecule has 1 aromatic rings. The van der Waals surface area contributed by atoms with Crippen molar-refractivity contribution in [3.8, 4) is 0 Å². The number of piperidine rings is 1. The molecule has 0 saturated carbocycles. The van der Waals surface area contributed by atoms with Crippen molar-refractivity contribution in [2.75, 3.05) is 20.3 Å². The van der Waals surface area contributed by atoms with Crippen LogP contribution < -0.4 is 5.56 Å². The highest BCUT2D eigenvalue weighted by atomic mass is 35.5. The van der Waals surface area contributed by atoms with Gasteiger partial charge in [0.1, 0.15) is 5.56 Å². The first kappa shape index (κ1) is 18.0. The molecule has 2 heterocycles. The van der Waals surface area contributed by atoms with Crippen LogP contribution in [0.25, 0.3) is 0 Å². The highest BCUT2D eigenvalue weighted by Crippen LogP contribution is 2.25. The van der Waals surface area contributed by atoms with E-state index >= 15 is 0 Å². The summed E-state index contributed by atoms with van der Waals surface area (Å²) in [7, 11) is 1.68. The Morgan fingerprint density at radius 3 is 2.83 bits per heavy atom. The van der Waals surface area contributed by atoms with Crippen LogP contribution >= 0.6 is 11.6 Å². The van der Waals surface area contributed by atoms with Crippen molar-refractivity contribution >= 4 is 17.5 Å². The molecule has 2 rings (SSSR count). The van der Waals surface area contributed by atoms with Gasteiger partial charge in [-0.1, -0.05) is 11.6 Å². The van der Waals surface area contributed by atoms with Crippen molar-refractivity contribution in [3.05, 3.63) is 32.2 Å². The summed E-state index contributed by atoms with van der Waals surface area (Å²) < 4.78 is 5.10. The Kier molecular flexibility index (Phi) is 6.25. The van der Waals surface area contributed by atoms with Crippen LogP contribution in [0.1, 0.15) is 53.7 Å². The smallest absolute Gasteiger partial charge is 0.261 e. The maximum absolute atomic E-state index is 13.0. The van der Waals surface area contributed by atoms with Crippen molar-refractivity contribution in [2.24, 2.45) is 0 Å². The number of hydrogen-bond donors (Lipinski definition) is 1. The van der Waals surface area contributed by atoms with Gasteiger partial charge in [0.15, 0.2) is 0 Å². The number of H-pyrrole nitrogens is 1. The Hall–Kier alpha value is -1.33. The van der Waals surface area contributed by atoms with Crippen LogP contribution in [0.3, 0.4) is 0 Å². The van der Waals surface area contributed by atoms with Gasteiger partial charge in [-0.15, -0.1) is 0 Å². The van der Waals surface area contributed by atoms with Crippen molar-refractivity contribution in [1.82, 2.24) is 9.88 Å². The normalized spacial score (nSPS) is 18.3. The third-order valence-electron chi connectivity index (χ3n) is 4.55. The van der Waals surface area contributed by atoms with Crippen LogP contribution in [0.15, 0.2) is 4.79 Å². The number of aromatic nitrogens is 1. The number of rotatable bonds is 5. The molecule has 0 radical (unpaired) electrons. The predicted molar refractivity (Wildman–Crippen MR) is 91.3 cm³/mol. The van der Waals surface area contributed by atoms with Crippen molar-refractivity contribution in [2.45, 2.75) is 52.0 Å². The maximum Gasteiger partial charge on any atom is 0.261 e. The number of carbonyl (C=O) groups excluding carboxylic acids is 1. The molecule has 0 aliphatic carbocycles. The van der Waals surface area contributed by atoms with Crippen molar-refractivity contribution < 1.29 is 9.53 Å². The van der Waals surface area contributed by atoms with E-state index in [2.05, 4.69) is 4.98 Å². The fourth-order valence-electron chi connectivity index (χ4n) is 3.28. The summed E-state index contributed by atoms with van der Waals surface area (Å²) in [5.41, 5.74) is 0.995. The molecule has 1 N–H and O–H groups in total. The molecule has 23 heavy (non-hydrogen) atoms. The number of halogens is 1. The fraction of sp³-hybridized carbons (Fsp3) is 0.647. The molecule has 1 aliphatic heterocycles. The molecular weight excluding hydrogens is 316 g/mol. The Morgan fingerprint density at radius 1 is 1.39 bits per heavy atom. The molecule has 1 atom stereocenters. The van der Waals surface area contributed by atoms with E-state index in [1.54, 1.807) is 21.0 Å². The third-order valence-corrected chi connectivity index (χ3v) is 5.12. The molecule has 0 unspecified atom stereocenters. The summed E-state index contributed by atoms with van der Waals surface area (Å²) in [5.74, 6) is -0.201. The first-order chi connectivity index (χ1) is 11.0. The largest absolute Gasteiger partial charge is 0.385 e. The second-order valence-corrected chi connectivity index (χ2v) is 6.55. The lowest BCUT2D eigenvalue weighted by atomic mass is 9.96. The fourth-order valence-corrected chi connectivity index (χ4v) is 3.42. The summed E-state index contributed by atoms with van der Waals surface area (Å²) in [6.07, 6.45) is 4.88. The van der Waals surface area contributed by atoms with E-state index in [-0.39, 0.29) is 23.1 Å². The topological polar surface area (TPSA) is 62.4 Å². The zero-order valence-electron chi connectivity index (χ0n) is 14.1. The minimum absolute atomic E-state index is 0.172. The second-order valence-electron chi connectivity index (χ2n) is 6.18. The van der Waals surface area contributed by atoms with Crippen LogP contribution in [0.2, 0.25) is 5.02 Å². The minimum Gasteiger partial charge on any atom is -0.385 e. The molecule has 1 amide bonds. The van der Waals surface area contributed by atoms with Gasteiger partial charge in [0, 0.05) is 32.0 Å². The Bertz CT molecular complexity index is 627. The number of nitrogens with one attached hydrogen (secondary N) is 1.